The molecule has 0 amide bonds. The molecule has 100 valence electrons. The maximum absolute atomic E-state index is 10.1. The van der Waals surface area contributed by atoms with E-state index in [1.165, 1.54) is 0 Å². The number of anilines is 2. The molecule has 0 aromatic carbocycles. The fourth-order valence-corrected chi connectivity index (χ4v) is 2.49. The lowest BCUT2D eigenvalue weighted by Crippen LogP contribution is -2.29. The predicted octanol–water partition coefficient (Wildman–Crippen LogP) is 1.57. The van der Waals surface area contributed by atoms with E-state index in [2.05, 4.69) is 20.2 Å². The Morgan fingerprint density at radius 1 is 1.33 bits per heavy atom. The number of hydrogen-bond acceptors (Lipinski definition) is 5. The molecule has 0 spiro atoms. The molecule has 2 N–H and O–H groups in total. The van der Waals surface area contributed by atoms with Crippen LogP contribution in [-0.2, 0) is 0 Å². The van der Waals surface area contributed by atoms with Crippen LogP contribution in [0.4, 0.5) is 11.6 Å². The van der Waals surface area contributed by atoms with Gasteiger partial charge in [0, 0.05) is 25.7 Å². The number of rotatable bonds is 2. The fraction of sp³-hybridized carbons (Fsp3) is 0.692. The molecule has 1 aliphatic rings. The molecule has 1 fully saturated rings. The van der Waals surface area contributed by atoms with Crippen LogP contribution >= 0.6 is 0 Å². The molecule has 0 bridgehead atoms. The maximum Gasteiger partial charge on any atom is 0.137 e. The smallest absolute Gasteiger partial charge is 0.137 e. The van der Waals surface area contributed by atoms with E-state index in [1.54, 1.807) is 6.33 Å². The van der Waals surface area contributed by atoms with Gasteiger partial charge in [0.05, 0.1) is 5.60 Å². The van der Waals surface area contributed by atoms with Crippen molar-refractivity contribution in [3.63, 3.8) is 0 Å². The van der Waals surface area contributed by atoms with E-state index < -0.39 is 5.60 Å². The normalized spacial score (nSPS) is 24.8. The molecule has 2 heterocycles. The Hall–Kier alpha value is -1.36. The van der Waals surface area contributed by atoms with Crippen LogP contribution in [0.2, 0.25) is 0 Å². The molecule has 1 aliphatic heterocycles. The van der Waals surface area contributed by atoms with Crippen LogP contribution in [-0.4, -0.2) is 40.8 Å². The van der Waals surface area contributed by atoms with Crippen molar-refractivity contribution in [2.75, 3.05) is 30.4 Å². The van der Waals surface area contributed by atoms with E-state index in [0.29, 0.717) is 0 Å². The zero-order chi connectivity index (χ0) is 13.2. The van der Waals surface area contributed by atoms with Crippen LogP contribution in [0.15, 0.2) is 6.33 Å². The van der Waals surface area contributed by atoms with Crippen molar-refractivity contribution in [1.82, 2.24) is 9.97 Å². The Morgan fingerprint density at radius 2 is 2.11 bits per heavy atom. The van der Waals surface area contributed by atoms with E-state index in [4.69, 9.17) is 0 Å². The van der Waals surface area contributed by atoms with Gasteiger partial charge in [-0.15, -0.1) is 0 Å². The zero-order valence-electron chi connectivity index (χ0n) is 11.4. The quantitative estimate of drug-likeness (QED) is 0.834. The van der Waals surface area contributed by atoms with Crippen molar-refractivity contribution in [3.8, 4) is 0 Å². The minimum absolute atomic E-state index is 0.540. The van der Waals surface area contributed by atoms with Gasteiger partial charge in [-0.1, -0.05) is 0 Å². The van der Waals surface area contributed by atoms with E-state index in [1.807, 2.05) is 20.9 Å². The van der Waals surface area contributed by atoms with Crippen LogP contribution in [0.25, 0.3) is 0 Å². The van der Waals surface area contributed by atoms with Gasteiger partial charge < -0.3 is 15.3 Å². The monoisotopic (exact) mass is 250 g/mol. The Morgan fingerprint density at radius 3 is 2.83 bits per heavy atom. The number of aliphatic hydroxyl groups is 1. The Kier molecular flexibility index (Phi) is 3.71. The second-order valence-corrected chi connectivity index (χ2v) is 5.26. The highest BCUT2D eigenvalue weighted by atomic mass is 16.3. The van der Waals surface area contributed by atoms with Gasteiger partial charge in [0.2, 0.25) is 0 Å². The molecule has 2 rings (SSSR count). The summed E-state index contributed by atoms with van der Waals surface area (Å²) in [6.07, 6.45) is 4.22. The summed E-state index contributed by atoms with van der Waals surface area (Å²) in [6.45, 7) is 5.73. The first-order valence-corrected chi connectivity index (χ1v) is 6.50. The van der Waals surface area contributed by atoms with E-state index >= 15 is 0 Å². The van der Waals surface area contributed by atoms with Crippen LogP contribution in [0.1, 0.15) is 31.7 Å². The molecule has 0 radical (unpaired) electrons. The Labute approximate surface area is 108 Å². The first kappa shape index (κ1) is 13.1. The predicted molar refractivity (Wildman–Crippen MR) is 73.0 cm³/mol. The third-order valence-electron chi connectivity index (χ3n) is 3.66. The lowest BCUT2D eigenvalue weighted by atomic mass is 9.98. The van der Waals surface area contributed by atoms with Gasteiger partial charge in [0.15, 0.2) is 0 Å². The number of nitrogens with zero attached hydrogens (tertiary/aromatic N) is 3. The SMILES string of the molecule is CNc1ncnc(N2CCCC(C)(O)CC2)c1C. The third kappa shape index (κ3) is 2.72. The van der Waals surface area contributed by atoms with E-state index in [0.717, 1.165) is 49.6 Å². The largest absolute Gasteiger partial charge is 0.390 e. The lowest BCUT2D eigenvalue weighted by molar-refractivity contribution is 0.0481. The maximum atomic E-state index is 10.1. The van der Waals surface area contributed by atoms with Gasteiger partial charge >= 0.3 is 0 Å². The summed E-state index contributed by atoms with van der Waals surface area (Å²) in [7, 11) is 1.87. The molecule has 5 heteroatoms. The van der Waals surface area contributed by atoms with Gasteiger partial charge in [-0.2, -0.15) is 0 Å². The third-order valence-corrected chi connectivity index (χ3v) is 3.66. The second-order valence-electron chi connectivity index (χ2n) is 5.26. The highest BCUT2D eigenvalue weighted by molar-refractivity contribution is 5.57. The van der Waals surface area contributed by atoms with E-state index in [-0.39, 0.29) is 0 Å². The van der Waals surface area contributed by atoms with Crippen LogP contribution < -0.4 is 10.2 Å². The molecule has 0 aliphatic carbocycles. The molecule has 1 unspecified atom stereocenters. The Bertz CT molecular complexity index is 419. The topological polar surface area (TPSA) is 61.3 Å². The molecule has 0 saturated carbocycles. The minimum Gasteiger partial charge on any atom is -0.390 e. The second kappa shape index (κ2) is 5.10. The van der Waals surface area contributed by atoms with Crippen molar-refractivity contribution in [3.05, 3.63) is 11.9 Å². The molecular formula is C13H22N4O. The summed E-state index contributed by atoms with van der Waals surface area (Å²) in [6, 6.07) is 0. The summed E-state index contributed by atoms with van der Waals surface area (Å²) in [4.78, 5) is 10.8. The molecular weight excluding hydrogens is 228 g/mol. The van der Waals surface area contributed by atoms with E-state index in [9.17, 15) is 5.11 Å². The lowest BCUT2D eigenvalue weighted by Gasteiger charge is -2.25. The highest BCUT2D eigenvalue weighted by Gasteiger charge is 2.26. The van der Waals surface area contributed by atoms with Crippen molar-refractivity contribution in [1.29, 1.82) is 0 Å². The van der Waals surface area contributed by atoms with Gasteiger partial charge in [-0.25, -0.2) is 9.97 Å². The molecule has 1 saturated heterocycles. The van der Waals surface area contributed by atoms with Crippen molar-refractivity contribution in [2.24, 2.45) is 0 Å². The Balaban J connectivity index is 2.21. The van der Waals surface area contributed by atoms with Crippen molar-refractivity contribution in [2.45, 2.75) is 38.7 Å². The van der Waals surface area contributed by atoms with Gasteiger partial charge in [0.25, 0.3) is 0 Å². The number of hydrogen-bond donors (Lipinski definition) is 2. The first-order chi connectivity index (χ1) is 8.53. The average Bonchev–Trinajstić information content (AvgIpc) is 2.51. The summed E-state index contributed by atoms with van der Waals surface area (Å²) >= 11 is 0. The molecule has 5 nitrogen and oxygen atoms in total. The molecule has 1 aromatic rings. The van der Waals surface area contributed by atoms with Crippen molar-refractivity contribution >= 4 is 11.6 Å². The van der Waals surface area contributed by atoms with Gasteiger partial charge in [0.1, 0.15) is 18.0 Å². The van der Waals surface area contributed by atoms with Gasteiger partial charge in [-0.05, 0) is 33.1 Å². The van der Waals surface area contributed by atoms with Crippen LogP contribution in [0.3, 0.4) is 0 Å². The standard InChI is InChI=1S/C13H22N4O/c1-10-11(14-3)15-9-16-12(10)17-7-4-5-13(2,18)6-8-17/h9,18H,4-8H2,1-3H3,(H,14,15,16). The summed E-state index contributed by atoms with van der Waals surface area (Å²) in [5, 5.41) is 13.2. The molecule has 1 aromatic heterocycles. The van der Waals surface area contributed by atoms with Crippen molar-refractivity contribution < 1.29 is 5.11 Å². The molecule has 18 heavy (non-hydrogen) atoms. The first-order valence-electron chi connectivity index (χ1n) is 6.50. The number of nitrogens with one attached hydrogen (secondary N) is 1. The van der Waals surface area contributed by atoms with Crippen LogP contribution in [0, 0.1) is 6.92 Å². The minimum atomic E-state index is -0.540. The summed E-state index contributed by atoms with van der Waals surface area (Å²) in [5.74, 6) is 1.85. The highest BCUT2D eigenvalue weighted by Crippen LogP contribution is 2.27. The molecule has 1 atom stereocenters. The van der Waals surface area contributed by atoms with Gasteiger partial charge in [-0.3, -0.25) is 0 Å². The van der Waals surface area contributed by atoms with Crippen LogP contribution in [0.5, 0.6) is 0 Å². The zero-order valence-corrected chi connectivity index (χ0v) is 11.4. The fourth-order valence-electron chi connectivity index (χ4n) is 2.49. The average molecular weight is 250 g/mol. The summed E-state index contributed by atoms with van der Waals surface area (Å²) < 4.78 is 0. The number of aromatic nitrogens is 2. The summed E-state index contributed by atoms with van der Waals surface area (Å²) in [5.41, 5.74) is 0.531.